The first-order valence-corrected chi connectivity index (χ1v) is 5.28. The zero-order valence-corrected chi connectivity index (χ0v) is 10.1. The fraction of sp³-hybridized carbons (Fsp3) is 0.250. The van der Waals surface area contributed by atoms with E-state index in [9.17, 15) is 4.79 Å². The van der Waals surface area contributed by atoms with Crippen LogP contribution in [0.3, 0.4) is 0 Å². The third-order valence-corrected chi connectivity index (χ3v) is 2.64. The van der Waals surface area contributed by atoms with E-state index >= 15 is 0 Å². The molecule has 2 aromatic heterocycles. The van der Waals surface area contributed by atoms with Crippen LogP contribution in [0.25, 0.3) is 6.08 Å². The Labute approximate surface area is 99.4 Å². The molecule has 0 spiro atoms. The van der Waals surface area contributed by atoms with E-state index in [1.165, 1.54) is 6.08 Å². The van der Waals surface area contributed by atoms with Gasteiger partial charge in [-0.2, -0.15) is 10.2 Å². The number of ketones is 1. The van der Waals surface area contributed by atoms with Gasteiger partial charge in [0.1, 0.15) is 0 Å². The number of rotatable bonds is 3. The molecule has 0 aliphatic rings. The maximum Gasteiger partial charge on any atom is 0.189 e. The van der Waals surface area contributed by atoms with Crippen LogP contribution in [0.4, 0.5) is 0 Å². The third-order valence-electron chi connectivity index (χ3n) is 2.64. The molecule has 0 saturated carbocycles. The second-order valence-corrected chi connectivity index (χ2v) is 3.88. The van der Waals surface area contributed by atoms with E-state index in [0.717, 1.165) is 11.4 Å². The van der Waals surface area contributed by atoms with Crippen LogP contribution in [0.1, 0.15) is 21.7 Å². The lowest BCUT2D eigenvalue weighted by atomic mass is 10.1. The van der Waals surface area contributed by atoms with E-state index in [4.69, 9.17) is 0 Å². The van der Waals surface area contributed by atoms with Gasteiger partial charge in [0, 0.05) is 26.0 Å². The lowest BCUT2D eigenvalue weighted by Gasteiger charge is -1.95. The summed E-state index contributed by atoms with van der Waals surface area (Å²) >= 11 is 0. The topological polar surface area (TPSA) is 52.7 Å². The molecule has 0 N–H and O–H groups in total. The zero-order chi connectivity index (χ0) is 12.4. The van der Waals surface area contributed by atoms with Gasteiger partial charge in [-0.05, 0) is 25.1 Å². The number of carbonyl (C=O) groups is 1. The molecule has 0 fully saturated rings. The first kappa shape index (κ1) is 11.3. The van der Waals surface area contributed by atoms with Crippen molar-refractivity contribution in [1.29, 1.82) is 0 Å². The van der Waals surface area contributed by atoms with Crippen LogP contribution in [-0.4, -0.2) is 25.3 Å². The highest BCUT2D eigenvalue weighted by molar-refractivity contribution is 6.07. The summed E-state index contributed by atoms with van der Waals surface area (Å²) in [7, 11) is 3.65. The lowest BCUT2D eigenvalue weighted by Crippen LogP contribution is -1.98. The second-order valence-electron chi connectivity index (χ2n) is 3.88. The van der Waals surface area contributed by atoms with Gasteiger partial charge in [-0.1, -0.05) is 0 Å². The summed E-state index contributed by atoms with van der Waals surface area (Å²) in [5.41, 5.74) is 2.25. The highest BCUT2D eigenvalue weighted by atomic mass is 16.1. The summed E-state index contributed by atoms with van der Waals surface area (Å²) in [5.74, 6) is -0.0544. The molecule has 88 valence electrons. The normalized spacial score (nSPS) is 11.2. The van der Waals surface area contributed by atoms with Crippen molar-refractivity contribution in [2.45, 2.75) is 6.92 Å². The fourth-order valence-electron chi connectivity index (χ4n) is 1.51. The highest BCUT2D eigenvalue weighted by Gasteiger charge is 2.09. The molecule has 0 aromatic carbocycles. The number of hydrogen-bond acceptors (Lipinski definition) is 3. The minimum absolute atomic E-state index is 0.0544. The molecule has 0 amide bonds. The van der Waals surface area contributed by atoms with E-state index in [2.05, 4.69) is 10.2 Å². The monoisotopic (exact) mass is 230 g/mol. The fourth-order valence-corrected chi connectivity index (χ4v) is 1.51. The largest absolute Gasteiger partial charge is 0.289 e. The summed E-state index contributed by atoms with van der Waals surface area (Å²) in [6.45, 7) is 1.87. The van der Waals surface area contributed by atoms with E-state index < -0.39 is 0 Å². The lowest BCUT2D eigenvalue weighted by molar-refractivity contribution is 0.104. The van der Waals surface area contributed by atoms with Crippen LogP contribution in [-0.2, 0) is 14.1 Å². The molecule has 2 aromatic rings. The van der Waals surface area contributed by atoms with E-state index in [1.807, 2.05) is 33.3 Å². The smallest absolute Gasteiger partial charge is 0.189 e. The van der Waals surface area contributed by atoms with Crippen LogP contribution in [0.5, 0.6) is 0 Å². The summed E-state index contributed by atoms with van der Waals surface area (Å²) in [5, 5.41) is 8.20. The summed E-state index contributed by atoms with van der Waals surface area (Å²) in [6, 6.07) is 1.85. The van der Waals surface area contributed by atoms with Crippen molar-refractivity contribution in [3.8, 4) is 0 Å². The molecule has 2 rings (SSSR count). The van der Waals surface area contributed by atoms with Crippen molar-refractivity contribution < 1.29 is 4.79 Å². The van der Waals surface area contributed by atoms with E-state index in [1.54, 1.807) is 21.6 Å². The van der Waals surface area contributed by atoms with Crippen molar-refractivity contribution in [3.05, 3.63) is 41.5 Å². The van der Waals surface area contributed by atoms with Gasteiger partial charge in [0.15, 0.2) is 5.78 Å². The van der Waals surface area contributed by atoms with Gasteiger partial charge in [-0.15, -0.1) is 0 Å². The molecule has 17 heavy (non-hydrogen) atoms. The Kier molecular flexibility index (Phi) is 2.91. The van der Waals surface area contributed by atoms with Gasteiger partial charge in [-0.25, -0.2) is 0 Å². The minimum atomic E-state index is -0.0544. The predicted molar refractivity (Wildman–Crippen MR) is 64.5 cm³/mol. The molecule has 0 bridgehead atoms. The molecule has 0 saturated heterocycles. The maximum absolute atomic E-state index is 11.9. The Balaban J connectivity index is 2.17. The molecule has 0 unspecified atom stereocenters. The van der Waals surface area contributed by atoms with Crippen LogP contribution in [0.2, 0.25) is 0 Å². The molecular weight excluding hydrogens is 216 g/mol. The SMILES string of the molecule is Cc1c(C(=O)/C=C/c2ccn(C)n2)cnn1C. The number of aromatic nitrogens is 4. The molecule has 2 heterocycles. The predicted octanol–water partition coefficient (Wildman–Crippen LogP) is 1.36. The van der Waals surface area contributed by atoms with Gasteiger partial charge < -0.3 is 0 Å². The van der Waals surface area contributed by atoms with Crippen molar-refractivity contribution >= 4 is 11.9 Å². The van der Waals surface area contributed by atoms with Crippen LogP contribution >= 0.6 is 0 Å². The molecule has 0 atom stereocenters. The Morgan fingerprint density at radius 1 is 1.41 bits per heavy atom. The van der Waals surface area contributed by atoms with Crippen molar-refractivity contribution in [3.63, 3.8) is 0 Å². The molecule has 0 aliphatic heterocycles. The standard InChI is InChI=1S/C12H14N4O/c1-9-11(8-13-16(9)3)12(17)5-4-10-6-7-15(2)14-10/h4-8H,1-3H3/b5-4+. The summed E-state index contributed by atoms with van der Waals surface area (Å²) in [4.78, 5) is 11.9. The molecule has 0 radical (unpaired) electrons. The molecule has 5 heteroatoms. The van der Waals surface area contributed by atoms with E-state index in [0.29, 0.717) is 5.56 Å². The Morgan fingerprint density at radius 2 is 2.18 bits per heavy atom. The van der Waals surface area contributed by atoms with E-state index in [-0.39, 0.29) is 5.78 Å². The maximum atomic E-state index is 11.9. The highest BCUT2D eigenvalue weighted by Crippen LogP contribution is 2.08. The van der Waals surface area contributed by atoms with Gasteiger partial charge in [-0.3, -0.25) is 14.2 Å². The number of nitrogens with zero attached hydrogens (tertiary/aromatic N) is 4. The average Bonchev–Trinajstić information content (AvgIpc) is 2.84. The third kappa shape index (κ3) is 2.33. The van der Waals surface area contributed by atoms with Gasteiger partial charge in [0.25, 0.3) is 0 Å². The van der Waals surface area contributed by atoms with Gasteiger partial charge in [0.05, 0.1) is 17.5 Å². The Bertz CT molecular complexity index is 577. The van der Waals surface area contributed by atoms with Gasteiger partial charge >= 0.3 is 0 Å². The number of hydrogen-bond donors (Lipinski definition) is 0. The average molecular weight is 230 g/mol. The van der Waals surface area contributed by atoms with Crippen molar-refractivity contribution in [1.82, 2.24) is 19.6 Å². The second kappa shape index (κ2) is 4.37. The molecule has 0 aliphatic carbocycles. The Hall–Kier alpha value is -2.17. The first-order valence-electron chi connectivity index (χ1n) is 5.28. The molecular formula is C12H14N4O. The number of carbonyl (C=O) groups excluding carboxylic acids is 1. The quantitative estimate of drug-likeness (QED) is 0.591. The minimum Gasteiger partial charge on any atom is -0.289 e. The first-order chi connectivity index (χ1) is 8.08. The summed E-state index contributed by atoms with van der Waals surface area (Å²) < 4.78 is 3.38. The summed E-state index contributed by atoms with van der Waals surface area (Å²) in [6.07, 6.45) is 6.64. The molecule has 5 nitrogen and oxygen atoms in total. The van der Waals surface area contributed by atoms with Crippen molar-refractivity contribution in [2.75, 3.05) is 0 Å². The zero-order valence-electron chi connectivity index (χ0n) is 10.1. The Morgan fingerprint density at radius 3 is 2.71 bits per heavy atom. The number of aryl methyl sites for hydroxylation is 2. The van der Waals surface area contributed by atoms with Crippen LogP contribution in [0.15, 0.2) is 24.5 Å². The van der Waals surface area contributed by atoms with Crippen LogP contribution < -0.4 is 0 Å². The van der Waals surface area contributed by atoms with Crippen molar-refractivity contribution in [2.24, 2.45) is 14.1 Å². The number of allylic oxidation sites excluding steroid dienone is 1. The van der Waals surface area contributed by atoms with Crippen LogP contribution in [0, 0.1) is 6.92 Å². The van der Waals surface area contributed by atoms with Gasteiger partial charge in [0.2, 0.25) is 0 Å².